The maximum absolute atomic E-state index is 13.1. The Labute approximate surface area is 231 Å². The van der Waals surface area contributed by atoms with Crippen molar-refractivity contribution < 1.29 is 9.59 Å². The van der Waals surface area contributed by atoms with Crippen LogP contribution in [0.4, 0.5) is 21.9 Å². The van der Waals surface area contributed by atoms with Crippen LogP contribution in [0.2, 0.25) is 10.0 Å². The number of piperazine rings is 1. The Hall–Kier alpha value is -3.81. The standard InChI is InChI=1S/C29H27Cl2N5O2/c1-2-19-17-21(30)6-10-25(19)34-29(38)36-15-13-35(14-16-36)28(37)20-3-7-23(8-4-20)33-26-11-12-32-27-18-22(31)5-9-24(26)27/h3-12,17-18H,2,13-16H2,1H3,(H,32,33)(H,34,38). The first-order chi connectivity index (χ1) is 18.4. The molecule has 1 aliphatic heterocycles. The van der Waals surface area contributed by atoms with E-state index in [4.69, 9.17) is 23.2 Å². The molecule has 0 radical (unpaired) electrons. The first-order valence-electron chi connectivity index (χ1n) is 12.5. The third-order valence-electron chi connectivity index (χ3n) is 6.66. The van der Waals surface area contributed by atoms with Gasteiger partial charge in [0.1, 0.15) is 0 Å². The number of hydrogen-bond acceptors (Lipinski definition) is 4. The largest absolute Gasteiger partial charge is 0.355 e. The Bertz CT molecular complexity index is 1480. The normalized spacial score (nSPS) is 13.4. The van der Waals surface area contributed by atoms with E-state index in [-0.39, 0.29) is 11.9 Å². The van der Waals surface area contributed by atoms with E-state index in [1.54, 1.807) is 22.1 Å². The molecule has 1 fully saturated rings. The number of aryl methyl sites for hydroxylation is 1. The number of nitrogens with one attached hydrogen (secondary N) is 2. The van der Waals surface area contributed by atoms with Crippen molar-refractivity contribution in [2.45, 2.75) is 13.3 Å². The van der Waals surface area contributed by atoms with Crippen LogP contribution in [0.1, 0.15) is 22.8 Å². The fraction of sp³-hybridized carbons (Fsp3) is 0.207. The van der Waals surface area contributed by atoms with Crippen LogP contribution in [0, 0.1) is 0 Å². The molecular formula is C29H27Cl2N5O2. The first kappa shape index (κ1) is 25.8. The van der Waals surface area contributed by atoms with E-state index < -0.39 is 0 Å². The van der Waals surface area contributed by atoms with Crippen molar-refractivity contribution in [3.63, 3.8) is 0 Å². The zero-order valence-electron chi connectivity index (χ0n) is 20.9. The van der Waals surface area contributed by atoms with Crippen LogP contribution in [-0.2, 0) is 6.42 Å². The highest BCUT2D eigenvalue weighted by atomic mass is 35.5. The molecule has 1 aliphatic rings. The minimum Gasteiger partial charge on any atom is -0.355 e. The van der Waals surface area contributed by atoms with Crippen LogP contribution in [-0.4, -0.2) is 52.9 Å². The third kappa shape index (κ3) is 5.69. The quantitative estimate of drug-likeness (QED) is 0.286. The molecule has 0 saturated carbocycles. The molecule has 5 rings (SSSR count). The number of nitrogens with zero attached hydrogens (tertiary/aromatic N) is 3. The predicted octanol–water partition coefficient (Wildman–Crippen LogP) is 6.84. The number of rotatable bonds is 5. The zero-order chi connectivity index (χ0) is 26.6. The lowest BCUT2D eigenvalue weighted by Gasteiger charge is -2.35. The van der Waals surface area contributed by atoms with Crippen LogP contribution in [0.15, 0.2) is 72.9 Å². The number of halogens is 2. The van der Waals surface area contributed by atoms with Gasteiger partial charge in [-0.1, -0.05) is 30.1 Å². The number of benzene rings is 3. The van der Waals surface area contributed by atoms with Crippen molar-refractivity contribution in [3.8, 4) is 0 Å². The van der Waals surface area contributed by atoms with Gasteiger partial charge in [-0.3, -0.25) is 9.78 Å². The third-order valence-corrected chi connectivity index (χ3v) is 7.13. The molecule has 7 nitrogen and oxygen atoms in total. The smallest absolute Gasteiger partial charge is 0.321 e. The number of anilines is 3. The van der Waals surface area contributed by atoms with Gasteiger partial charge in [0.05, 0.1) is 5.52 Å². The van der Waals surface area contributed by atoms with E-state index in [9.17, 15) is 9.59 Å². The Morgan fingerprint density at radius 1 is 0.842 bits per heavy atom. The number of urea groups is 1. The van der Waals surface area contributed by atoms with Gasteiger partial charge in [0, 0.05) is 70.4 Å². The molecule has 0 atom stereocenters. The minimum atomic E-state index is -0.171. The fourth-order valence-electron chi connectivity index (χ4n) is 4.55. The molecule has 0 spiro atoms. The van der Waals surface area contributed by atoms with Gasteiger partial charge in [-0.25, -0.2) is 4.79 Å². The molecular weight excluding hydrogens is 521 g/mol. The molecule has 3 aromatic carbocycles. The summed E-state index contributed by atoms with van der Waals surface area (Å²) in [5.74, 6) is -0.0495. The average Bonchev–Trinajstić information content (AvgIpc) is 2.94. The summed E-state index contributed by atoms with van der Waals surface area (Å²) in [6, 6.07) is 20.2. The van der Waals surface area contributed by atoms with Crippen LogP contribution in [0.3, 0.4) is 0 Å². The first-order valence-corrected chi connectivity index (χ1v) is 13.2. The molecule has 3 amide bonds. The summed E-state index contributed by atoms with van der Waals surface area (Å²) in [5.41, 5.74) is 4.93. The number of carbonyl (C=O) groups is 2. The number of carbonyl (C=O) groups excluding carboxylic acids is 2. The molecule has 1 saturated heterocycles. The van der Waals surface area contributed by atoms with Crippen molar-refractivity contribution in [1.29, 1.82) is 0 Å². The van der Waals surface area contributed by atoms with Crippen molar-refractivity contribution in [1.82, 2.24) is 14.8 Å². The fourth-order valence-corrected chi connectivity index (χ4v) is 4.91. The van der Waals surface area contributed by atoms with E-state index in [0.717, 1.165) is 39.9 Å². The van der Waals surface area contributed by atoms with Gasteiger partial charge in [-0.15, -0.1) is 0 Å². The summed E-state index contributed by atoms with van der Waals surface area (Å²) in [7, 11) is 0. The lowest BCUT2D eigenvalue weighted by Crippen LogP contribution is -2.51. The lowest BCUT2D eigenvalue weighted by atomic mass is 10.1. The van der Waals surface area contributed by atoms with Gasteiger partial charge >= 0.3 is 6.03 Å². The molecule has 0 unspecified atom stereocenters. The summed E-state index contributed by atoms with van der Waals surface area (Å²) >= 11 is 12.2. The maximum atomic E-state index is 13.1. The average molecular weight is 548 g/mol. The minimum absolute atomic E-state index is 0.0495. The highest BCUT2D eigenvalue weighted by Gasteiger charge is 2.25. The number of hydrogen-bond donors (Lipinski definition) is 2. The lowest BCUT2D eigenvalue weighted by molar-refractivity contribution is 0.0671. The Kier molecular flexibility index (Phi) is 7.67. The number of amides is 3. The molecule has 0 aliphatic carbocycles. The second-order valence-electron chi connectivity index (χ2n) is 9.09. The summed E-state index contributed by atoms with van der Waals surface area (Å²) < 4.78 is 0. The van der Waals surface area contributed by atoms with Gasteiger partial charge in [0.25, 0.3) is 5.91 Å². The van der Waals surface area contributed by atoms with E-state index >= 15 is 0 Å². The molecule has 9 heteroatoms. The van der Waals surface area contributed by atoms with Crippen LogP contribution in [0.5, 0.6) is 0 Å². The molecule has 0 bridgehead atoms. The summed E-state index contributed by atoms with van der Waals surface area (Å²) in [6.07, 6.45) is 2.50. The Balaban J connectivity index is 1.18. The van der Waals surface area contributed by atoms with Crippen LogP contribution < -0.4 is 10.6 Å². The van der Waals surface area contributed by atoms with Crippen molar-refractivity contribution in [3.05, 3.63) is 94.1 Å². The highest BCUT2D eigenvalue weighted by Crippen LogP contribution is 2.27. The maximum Gasteiger partial charge on any atom is 0.321 e. The number of pyridine rings is 1. The molecule has 38 heavy (non-hydrogen) atoms. The van der Waals surface area contributed by atoms with Crippen molar-refractivity contribution >= 4 is 63.1 Å². The van der Waals surface area contributed by atoms with Crippen molar-refractivity contribution in [2.75, 3.05) is 36.8 Å². The molecule has 1 aromatic heterocycles. The highest BCUT2D eigenvalue weighted by molar-refractivity contribution is 6.31. The van der Waals surface area contributed by atoms with Crippen LogP contribution >= 0.6 is 23.2 Å². The summed E-state index contributed by atoms with van der Waals surface area (Å²) in [6.45, 7) is 3.89. The monoisotopic (exact) mass is 547 g/mol. The second kappa shape index (κ2) is 11.3. The van der Waals surface area contributed by atoms with E-state index in [1.165, 1.54) is 0 Å². The predicted molar refractivity (Wildman–Crippen MR) is 154 cm³/mol. The van der Waals surface area contributed by atoms with Gasteiger partial charge in [0.2, 0.25) is 0 Å². The van der Waals surface area contributed by atoms with E-state index in [0.29, 0.717) is 41.8 Å². The summed E-state index contributed by atoms with van der Waals surface area (Å²) in [4.78, 5) is 33.8. The van der Waals surface area contributed by atoms with Crippen LogP contribution in [0.25, 0.3) is 10.9 Å². The Morgan fingerprint density at radius 3 is 2.26 bits per heavy atom. The van der Waals surface area contributed by atoms with Gasteiger partial charge in [-0.05, 0) is 78.7 Å². The van der Waals surface area contributed by atoms with E-state index in [1.807, 2.05) is 67.6 Å². The topological polar surface area (TPSA) is 77.6 Å². The molecule has 2 heterocycles. The SMILES string of the molecule is CCc1cc(Cl)ccc1NC(=O)N1CCN(C(=O)c2ccc(Nc3ccnc4cc(Cl)ccc34)cc2)CC1. The second-order valence-corrected chi connectivity index (χ2v) is 9.96. The van der Waals surface area contributed by atoms with Gasteiger partial charge in [-0.2, -0.15) is 0 Å². The van der Waals surface area contributed by atoms with Gasteiger partial charge in [0.15, 0.2) is 0 Å². The zero-order valence-corrected chi connectivity index (χ0v) is 22.4. The van der Waals surface area contributed by atoms with Gasteiger partial charge < -0.3 is 20.4 Å². The number of fused-ring (bicyclic) bond motifs is 1. The summed E-state index contributed by atoms with van der Waals surface area (Å²) in [5, 5.41) is 8.62. The number of aromatic nitrogens is 1. The van der Waals surface area contributed by atoms with E-state index in [2.05, 4.69) is 15.6 Å². The molecule has 194 valence electrons. The Morgan fingerprint density at radius 2 is 1.53 bits per heavy atom. The molecule has 4 aromatic rings. The van der Waals surface area contributed by atoms with Crippen molar-refractivity contribution in [2.24, 2.45) is 0 Å². The molecule has 2 N–H and O–H groups in total.